The summed E-state index contributed by atoms with van der Waals surface area (Å²) in [6, 6.07) is 0.0487. The summed E-state index contributed by atoms with van der Waals surface area (Å²) in [6.07, 6.45) is 2.32. The highest BCUT2D eigenvalue weighted by Crippen LogP contribution is 2.29. The largest absolute Gasteiger partial charge is 0.480 e. The average molecular weight is 252 g/mol. The lowest BCUT2D eigenvalue weighted by Gasteiger charge is -2.20. The Morgan fingerprint density at radius 3 is 2.67 bits per heavy atom. The van der Waals surface area contributed by atoms with Crippen molar-refractivity contribution in [3.8, 4) is 0 Å². The Morgan fingerprint density at radius 1 is 1.50 bits per heavy atom. The van der Waals surface area contributed by atoms with Gasteiger partial charge in [-0.05, 0) is 26.2 Å². The number of carboxylic acids is 1. The van der Waals surface area contributed by atoms with Crippen molar-refractivity contribution >= 4 is 11.9 Å². The van der Waals surface area contributed by atoms with Gasteiger partial charge in [0.1, 0.15) is 17.9 Å². The zero-order valence-corrected chi connectivity index (χ0v) is 10.5. The molecule has 6 nitrogen and oxygen atoms in total. The average Bonchev–Trinajstić information content (AvgIpc) is 3.08. The summed E-state index contributed by atoms with van der Waals surface area (Å²) >= 11 is 0. The molecular weight excluding hydrogens is 236 g/mol. The van der Waals surface area contributed by atoms with E-state index >= 15 is 0 Å². The second-order valence-corrected chi connectivity index (χ2v) is 4.47. The molecule has 1 N–H and O–H groups in total. The van der Waals surface area contributed by atoms with Gasteiger partial charge >= 0.3 is 5.97 Å². The minimum absolute atomic E-state index is 0.0487. The number of carbonyl (C=O) groups excluding carboxylic acids is 1. The van der Waals surface area contributed by atoms with Crippen LogP contribution in [-0.2, 0) is 11.2 Å². The molecule has 1 aliphatic rings. The summed E-state index contributed by atoms with van der Waals surface area (Å²) in [6.45, 7) is 3.29. The normalized spacial score (nSPS) is 14.6. The first-order valence-electron chi connectivity index (χ1n) is 6.02. The number of aliphatic carboxylic acids is 1. The van der Waals surface area contributed by atoms with Crippen molar-refractivity contribution in [1.29, 1.82) is 0 Å². The van der Waals surface area contributed by atoms with Gasteiger partial charge in [-0.3, -0.25) is 9.59 Å². The molecule has 1 aromatic rings. The van der Waals surface area contributed by atoms with Gasteiger partial charge in [0.2, 0.25) is 0 Å². The lowest BCUT2D eigenvalue weighted by Crippen LogP contribution is -2.38. The molecule has 0 aliphatic heterocycles. The summed E-state index contributed by atoms with van der Waals surface area (Å²) in [7, 11) is 0. The van der Waals surface area contributed by atoms with Crippen LogP contribution in [0.2, 0.25) is 0 Å². The quantitative estimate of drug-likeness (QED) is 0.852. The molecule has 0 saturated heterocycles. The second-order valence-electron chi connectivity index (χ2n) is 4.47. The third-order valence-corrected chi connectivity index (χ3v) is 3.04. The number of nitrogens with zero attached hydrogens (tertiary/aromatic N) is 2. The molecule has 2 rings (SSSR count). The topological polar surface area (TPSA) is 83.6 Å². The van der Waals surface area contributed by atoms with Gasteiger partial charge in [-0.1, -0.05) is 12.1 Å². The van der Waals surface area contributed by atoms with E-state index in [1.54, 1.807) is 6.92 Å². The first-order valence-corrected chi connectivity index (χ1v) is 6.02. The fourth-order valence-electron chi connectivity index (χ4n) is 1.98. The molecule has 0 spiro atoms. The summed E-state index contributed by atoms with van der Waals surface area (Å²) in [5.74, 6) is -0.828. The number of carboxylic acid groups (broad SMARTS) is 1. The molecule has 0 radical (unpaired) electrons. The molecule has 1 aromatic heterocycles. The van der Waals surface area contributed by atoms with Crippen LogP contribution in [0.15, 0.2) is 4.52 Å². The van der Waals surface area contributed by atoms with E-state index in [1.807, 2.05) is 6.92 Å². The molecule has 0 unspecified atom stereocenters. The molecule has 98 valence electrons. The van der Waals surface area contributed by atoms with Gasteiger partial charge in [0.25, 0.3) is 5.91 Å². The lowest BCUT2D eigenvalue weighted by molar-refractivity contribution is -0.137. The Labute approximate surface area is 105 Å². The van der Waals surface area contributed by atoms with Crippen molar-refractivity contribution < 1.29 is 19.2 Å². The molecule has 1 heterocycles. The van der Waals surface area contributed by atoms with Crippen LogP contribution in [0.25, 0.3) is 0 Å². The van der Waals surface area contributed by atoms with Crippen LogP contribution in [0.1, 0.15) is 41.6 Å². The van der Waals surface area contributed by atoms with Crippen LogP contribution >= 0.6 is 0 Å². The van der Waals surface area contributed by atoms with E-state index in [9.17, 15) is 9.59 Å². The van der Waals surface area contributed by atoms with Gasteiger partial charge in [-0.15, -0.1) is 0 Å². The monoisotopic (exact) mass is 252 g/mol. The van der Waals surface area contributed by atoms with Crippen LogP contribution in [-0.4, -0.2) is 39.6 Å². The summed E-state index contributed by atoms with van der Waals surface area (Å²) in [5.41, 5.74) is 1.01. The van der Waals surface area contributed by atoms with Crippen molar-refractivity contribution in [3.05, 3.63) is 17.0 Å². The molecule has 6 heteroatoms. The SMILES string of the molecule is CCc1noc(C)c1C(=O)N(CC(=O)O)C1CC1. The Balaban J connectivity index is 2.27. The Kier molecular flexibility index (Phi) is 3.36. The molecule has 0 bridgehead atoms. The molecule has 1 amide bonds. The molecule has 18 heavy (non-hydrogen) atoms. The van der Waals surface area contributed by atoms with Crippen molar-refractivity contribution in [1.82, 2.24) is 10.1 Å². The summed E-state index contributed by atoms with van der Waals surface area (Å²) in [4.78, 5) is 24.6. The summed E-state index contributed by atoms with van der Waals surface area (Å²) in [5, 5.41) is 12.7. The first-order chi connectivity index (χ1) is 8.54. The van der Waals surface area contributed by atoms with Crippen molar-refractivity contribution in [3.63, 3.8) is 0 Å². The maximum Gasteiger partial charge on any atom is 0.323 e. The zero-order chi connectivity index (χ0) is 13.3. The highest BCUT2D eigenvalue weighted by molar-refractivity contribution is 5.98. The van der Waals surface area contributed by atoms with Crippen molar-refractivity contribution in [2.24, 2.45) is 0 Å². The van der Waals surface area contributed by atoms with Crippen LogP contribution in [0.5, 0.6) is 0 Å². The standard InChI is InChI=1S/C12H16N2O4/c1-3-9-11(7(2)18-13-9)12(17)14(6-10(15)16)8-4-5-8/h8H,3-6H2,1-2H3,(H,15,16). The molecular formula is C12H16N2O4. The maximum absolute atomic E-state index is 12.4. The Hall–Kier alpha value is -1.85. The van der Waals surface area contributed by atoms with Crippen LogP contribution in [0, 0.1) is 6.92 Å². The van der Waals surface area contributed by atoms with E-state index in [0.29, 0.717) is 23.4 Å². The third kappa shape index (κ3) is 2.37. The molecule has 1 aliphatic carbocycles. The van der Waals surface area contributed by atoms with E-state index < -0.39 is 5.97 Å². The minimum Gasteiger partial charge on any atom is -0.480 e. The second kappa shape index (κ2) is 4.80. The van der Waals surface area contributed by atoms with Crippen LogP contribution < -0.4 is 0 Å². The van der Waals surface area contributed by atoms with Gasteiger partial charge in [0.05, 0.1) is 5.69 Å². The van der Waals surface area contributed by atoms with Gasteiger partial charge in [-0.2, -0.15) is 0 Å². The summed E-state index contributed by atoms with van der Waals surface area (Å²) < 4.78 is 5.02. The van der Waals surface area contributed by atoms with E-state index in [2.05, 4.69) is 5.16 Å². The Morgan fingerprint density at radius 2 is 2.17 bits per heavy atom. The lowest BCUT2D eigenvalue weighted by atomic mass is 10.1. The van der Waals surface area contributed by atoms with Gasteiger partial charge < -0.3 is 14.5 Å². The predicted octanol–water partition coefficient (Wildman–Crippen LogP) is 1.23. The van der Waals surface area contributed by atoms with Crippen molar-refractivity contribution in [2.45, 2.75) is 39.2 Å². The highest BCUT2D eigenvalue weighted by Gasteiger charge is 2.36. The van der Waals surface area contributed by atoms with Crippen LogP contribution in [0.4, 0.5) is 0 Å². The number of amides is 1. The zero-order valence-electron chi connectivity index (χ0n) is 10.5. The third-order valence-electron chi connectivity index (χ3n) is 3.04. The van der Waals surface area contributed by atoms with E-state index in [-0.39, 0.29) is 18.5 Å². The molecule has 1 saturated carbocycles. The number of hydrogen-bond acceptors (Lipinski definition) is 4. The van der Waals surface area contributed by atoms with Gasteiger partial charge in [-0.25, -0.2) is 0 Å². The number of rotatable bonds is 5. The minimum atomic E-state index is -0.998. The number of aromatic nitrogens is 1. The molecule has 1 fully saturated rings. The van der Waals surface area contributed by atoms with Gasteiger partial charge in [0.15, 0.2) is 0 Å². The highest BCUT2D eigenvalue weighted by atomic mass is 16.5. The smallest absolute Gasteiger partial charge is 0.323 e. The molecule has 0 aromatic carbocycles. The number of carbonyl (C=O) groups is 2. The Bertz CT molecular complexity index is 476. The van der Waals surface area contributed by atoms with E-state index in [4.69, 9.17) is 9.63 Å². The van der Waals surface area contributed by atoms with E-state index in [1.165, 1.54) is 4.90 Å². The van der Waals surface area contributed by atoms with Crippen molar-refractivity contribution in [2.75, 3.05) is 6.54 Å². The fraction of sp³-hybridized carbons (Fsp3) is 0.583. The first kappa shape index (κ1) is 12.6. The predicted molar refractivity (Wildman–Crippen MR) is 62.3 cm³/mol. The number of hydrogen-bond donors (Lipinski definition) is 1. The maximum atomic E-state index is 12.4. The van der Waals surface area contributed by atoms with E-state index in [0.717, 1.165) is 12.8 Å². The van der Waals surface area contributed by atoms with Crippen LogP contribution in [0.3, 0.4) is 0 Å². The number of aryl methyl sites for hydroxylation is 2. The molecule has 0 atom stereocenters. The van der Waals surface area contributed by atoms with Gasteiger partial charge in [0, 0.05) is 6.04 Å². The fourth-order valence-corrected chi connectivity index (χ4v) is 1.98.